The van der Waals surface area contributed by atoms with Crippen molar-refractivity contribution in [2.24, 2.45) is 0 Å². The highest BCUT2D eigenvalue weighted by Gasteiger charge is 2.21. The Balaban J connectivity index is 0.00000144. The van der Waals surface area contributed by atoms with Crippen LogP contribution in [0.25, 0.3) is 11.0 Å². The average Bonchev–Trinajstić information content (AvgIpc) is 3.19. The number of hydrogen-bond acceptors (Lipinski definition) is 4. The SMILES string of the molecule is COc1ccc2nc(CCN(C)C(=O)C3C=CCN3)[nH]c2c1.Cl.Cl. The smallest absolute Gasteiger partial charge is 0.243 e. The van der Waals surface area contributed by atoms with Crippen LogP contribution in [0.3, 0.4) is 0 Å². The van der Waals surface area contributed by atoms with Crippen molar-refractivity contribution in [1.29, 1.82) is 0 Å². The molecule has 0 spiro atoms. The molecule has 0 aliphatic carbocycles. The second-order valence-electron chi connectivity index (χ2n) is 5.39. The molecule has 3 rings (SSSR count). The van der Waals surface area contributed by atoms with Crippen molar-refractivity contribution in [3.63, 3.8) is 0 Å². The van der Waals surface area contributed by atoms with Crippen LogP contribution in [-0.4, -0.2) is 54.1 Å². The van der Waals surface area contributed by atoms with Gasteiger partial charge in [0.15, 0.2) is 0 Å². The lowest BCUT2D eigenvalue weighted by atomic mass is 10.2. The van der Waals surface area contributed by atoms with Gasteiger partial charge in [-0.05, 0) is 12.1 Å². The maximum Gasteiger partial charge on any atom is 0.243 e. The van der Waals surface area contributed by atoms with Crippen molar-refractivity contribution < 1.29 is 9.53 Å². The quantitative estimate of drug-likeness (QED) is 0.786. The number of carbonyl (C=O) groups excluding carboxylic acids is 1. The van der Waals surface area contributed by atoms with Crippen LogP contribution >= 0.6 is 24.8 Å². The Kier molecular flexibility index (Phi) is 7.54. The van der Waals surface area contributed by atoms with Crippen molar-refractivity contribution >= 4 is 41.8 Å². The van der Waals surface area contributed by atoms with E-state index in [1.165, 1.54) is 0 Å². The van der Waals surface area contributed by atoms with Gasteiger partial charge in [-0.3, -0.25) is 10.1 Å². The minimum absolute atomic E-state index is 0. The number of benzene rings is 1. The normalized spacial score (nSPS) is 15.7. The number of aromatic amines is 1. The summed E-state index contributed by atoms with van der Waals surface area (Å²) >= 11 is 0. The molecule has 0 saturated carbocycles. The minimum Gasteiger partial charge on any atom is -0.497 e. The standard InChI is InChI=1S/C16H20N4O2.2ClH/c1-20(16(21)13-4-3-8-17-13)9-7-15-18-12-6-5-11(22-2)10-14(12)19-15;;/h3-6,10,13,17H,7-9H2,1-2H3,(H,18,19);2*1H. The zero-order valence-electron chi connectivity index (χ0n) is 13.6. The molecule has 2 aromatic rings. The number of halogens is 2. The van der Waals surface area contributed by atoms with Gasteiger partial charge in [0.1, 0.15) is 17.6 Å². The molecule has 1 atom stereocenters. The van der Waals surface area contributed by atoms with Gasteiger partial charge in [-0.1, -0.05) is 12.2 Å². The Hall–Kier alpha value is -1.76. The van der Waals surface area contributed by atoms with Gasteiger partial charge >= 0.3 is 0 Å². The number of H-pyrrole nitrogens is 1. The van der Waals surface area contributed by atoms with Crippen LogP contribution in [0.5, 0.6) is 5.75 Å². The van der Waals surface area contributed by atoms with E-state index in [2.05, 4.69) is 15.3 Å². The number of hydrogen-bond donors (Lipinski definition) is 2. The number of imidazole rings is 1. The number of nitrogens with one attached hydrogen (secondary N) is 2. The number of methoxy groups -OCH3 is 1. The van der Waals surface area contributed by atoms with E-state index in [4.69, 9.17) is 4.74 Å². The molecule has 0 bridgehead atoms. The summed E-state index contributed by atoms with van der Waals surface area (Å²) < 4.78 is 5.20. The third kappa shape index (κ3) is 4.41. The number of rotatable bonds is 5. The van der Waals surface area contributed by atoms with E-state index in [0.717, 1.165) is 29.2 Å². The second-order valence-corrected chi connectivity index (χ2v) is 5.39. The maximum atomic E-state index is 12.2. The topological polar surface area (TPSA) is 70.2 Å². The molecular weight excluding hydrogens is 351 g/mol. The molecule has 6 nitrogen and oxygen atoms in total. The molecule has 1 amide bonds. The van der Waals surface area contributed by atoms with Crippen molar-refractivity contribution in [2.75, 3.05) is 27.2 Å². The van der Waals surface area contributed by atoms with Gasteiger partial charge in [-0.25, -0.2) is 4.98 Å². The maximum absolute atomic E-state index is 12.2. The van der Waals surface area contributed by atoms with Gasteiger partial charge in [0, 0.05) is 32.6 Å². The summed E-state index contributed by atoms with van der Waals surface area (Å²) in [5.41, 5.74) is 1.86. The molecule has 0 radical (unpaired) electrons. The molecule has 132 valence electrons. The zero-order chi connectivity index (χ0) is 15.5. The fourth-order valence-corrected chi connectivity index (χ4v) is 2.54. The second kappa shape index (κ2) is 8.92. The van der Waals surface area contributed by atoms with E-state index < -0.39 is 0 Å². The van der Waals surface area contributed by atoms with E-state index in [1.54, 1.807) is 12.0 Å². The number of carbonyl (C=O) groups is 1. The molecule has 2 N–H and O–H groups in total. The lowest BCUT2D eigenvalue weighted by Gasteiger charge is -2.20. The summed E-state index contributed by atoms with van der Waals surface area (Å²) in [7, 11) is 3.46. The number of fused-ring (bicyclic) bond motifs is 1. The molecule has 1 aromatic carbocycles. The Morgan fingerprint density at radius 1 is 1.42 bits per heavy atom. The molecule has 0 saturated heterocycles. The molecule has 1 aromatic heterocycles. The summed E-state index contributed by atoms with van der Waals surface area (Å²) in [6.45, 7) is 1.39. The molecule has 24 heavy (non-hydrogen) atoms. The largest absolute Gasteiger partial charge is 0.497 e. The molecule has 1 aliphatic heterocycles. The summed E-state index contributed by atoms with van der Waals surface area (Å²) in [6, 6.07) is 5.55. The van der Waals surface area contributed by atoms with E-state index in [-0.39, 0.29) is 36.8 Å². The lowest BCUT2D eigenvalue weighted by Crippen LogP contribution is -2.42. The van der Waals surface area contributed by atoms with Crippen molar-refractivity contribution in [1.82, 2.24) is 20.2 Å². The van der Waals surface area contributed by atoms with Crippen molar-refractivity contribution in [3.8, 4) is 5.75 Å². The van der Waals surface area contributed by atoms with Gasteiger partial charge in [0.05, 0.1) is 18.1 Å². The Morgan fingerprint density at radius 2 is 2.21 bits per heavy atom. The number of likely N-dealkylation sites (N-methyl/N-ethyl adjacent to an activating group) is 1. The Bertz CT molecular complexity index is 717. The van der Waals surface area contributed by atoms with Gasteiger partial charge in [-0.15, -0.1) is 24.8 Å². The highest BCUT2D eigenvalue weighted by Crippen LogP contribution is 2.18. The number of nitrogens with zero attached hydrogens (tertiary/aromatic N) is 2. The average molecular weight is 373 g/mol. The highest BCUT2D eigenvalue weighted by molar-refractivity contribution is 5.85. The fraction of sp³-hybridized carbons (Fsp3) is 0.375. The van der Waals surface area contributed by atoms with Crippen LogP contribution in [0, 0.1) is 0 Å². The minimum atomic E-state index is -0.190. The first kappa shape index (κ1) is 20.3. The highest BCUT2D eigenvalue weighted by atomic mass is 35.5. The van der Waals surface area contributed by atoms with Crippen LogP contribution in [0.1, 0.15) is 5.82 Å². The summed E-state index contributed by atoms with van der Waals surface area (Å²) in [5, 5.41) is 3.13. The zero-order valence-corrected chi connectivity index (χ0v) is 15.2. The Labute approximate surface area is 153 Å². The summed E-state index contributed by atoms with van der Waals surface area (Å²) in [4.78, 5) is 21.7. The first-order valence-corrected chi connectivity index (χ1v) is 7.35. The number of amides is 1. The molecule has 2 heterocycles. The first-order valence-electron chi connectivity index (χ1n) is 7.35. The van der Waals surface area contributed by atoms with Gasteiger partial charge in [0.25, 0.3) is 0 Å². The van der Waals surface area contributed by atoms with Crippen molar-refractivity contribution in [2.45, 2.75) is 12.5 Å². The van der Waals surface area contributed by atoms with Crippen LogP contribution < -0.4 is 10.1 Å². The van der Waals surface area contributed by atoms with Gasteiger partial charge in [0.2, 0.25) is 5.91 Å². The predicted octanol–water partition coefficient (Wildman–Crippen LogP) is 1.94. The molecule has 1 unspecified atom stereocenters. The first-order chi connectivity index (χ1) is 10.7. The molecule has 1 aliphatic rings. The van der Waals surface area contributed by atoms with Crippen LogP contribution in [0.4, 0.5) is 0 Å². The van der Waals surface area contributed by atoms with Gasteiger partial charge in [-0.2, -0.15) is 0 Å². The van der Waals surface area contributed by atoms with E-state index >= 15 is 0 Å². The summed E-state index contributed by atoms with van der Waals surface area (Å²) in [5.74, 6) is 1.76. The third-order valence-corrected chi connectivity index (χ3v) is 3.85. The molecular formula is C16H22Cl2N4O2. The van der Waals surface area contributed by atoms with Crippen LogP contribution in [0.2, 0.25) is 0 Å². The van der Waals surface area contributed by atoms with Crippen molar-refractivity contribution in [3.05, 3.63) is 36.2 Å². The van der Waals surface area contributed by atoms with Gasteiger partial charge < -0.3 is 14.6 Å². The Morgan fingerprint density at radius 3 is 2.88 bits per heavy atom. The lowest BCUT2D eigenvalue weighted by molar-refractivity contribution is -0.130. The fourth-order valence-electron chi connectivity index (χ4n) is 2.54. The third-order valence-electron chi connectivity index (χ3n) is 3.85. The van der Waals surface area contributed by atoms with E-state index in [1.807, 2.05) is 37.4 Å². The van der Waals surface area contributed by atoms with Crippen LogP contribution in [-0.2, 0) is 11.2 Å². The molecule has 8 heteroatoms. The summed E-state index contributed by atoms with van der Waals surface area (Å²) in [6.07, 6.45) is 4.57. The van der Waals surface area contributed by atoms with E-state index in [9.17, 15) is 4.79 Å². The number of ether oxygens (including phenoxy) is 1. The molecule has 0 fully saturated rings. The van der Waals surface area contributed by atoms with E-state index in [0.29, 0.717) is 13.0 Å². The van der Waals surface area contributed by atoms with Crippen LogP contribution in [0.15, 0.2) is 30.4 Å². The monoisotopic (exact) mass is 372 g/mol. The predicted molar refractivity (Wildman–Crippen MR) is 99.4 cm³/mol. The number of aromatic nitrogens is 2.